The van der Waals surface area contributed by atoms with E-state index in [1.54, 1.807) is 6.07 Å². The fourth-order valence-corrected chi connectivity index (χ4v) is 1.70. The average molecular weight is 272 g/mol. The van der Waals surface area contributed by atoms with Gasteiger partial charge in [0.05, 0.1) is 16.2 Å². The van der Waals surface area contributed by atoms with Gasteiger partial charge in [0.15, 0.2) is 6.29 Å². The molecule has 0 aliphatic carbocycles. The van der Waals surface area contributed by atoms with E-state index in [-0.39, 0.29) is 17.9 Å². The number of benzene rings is 1. The second-order valence-corrected chi connectivity index (χ2v) is 4.16. The minimum absolute atomic E-state index is 0.145. The van der Waals surface area contributed by atoms with E-state index in [4.69, 9.17) is 4.74 Å². The topological polar surface area (TPSA) is 82.3 Å². The van der Waals surface area contributed by atoms with Crippen molar-refractivity contribution in [2.24, 2.45) is 0 Å². The number of aromatic nitrogens is 1. The van der Waals surface area contributed by atoms with Crippen molar-refractivity contribution in [2.75, 3.05) is 0 Å². The summed E-state index contributed by atoms with van der Waals surface area (Å²) in [6, 6.07) is 9.43. The van der Waals surface area contributed by atoms with Crippen LogP contribution in [0, 0.1) is 17.0 Å². The molecule has 20 heavy (non-hydrogen) atoms. The molecule has 6 nitrogen and oxygen atoms in total. The number of ether oxygens (including phenoxy) is 1. The Labute approximate surface area is 115 Å². The number of non-ortho nitro benzene ring substituents is 1. The quantitative estimate of drug-likeness (QED) is 0.474. The number of hydrogen-bond donors (Lipinski definition) is 0. The molecule has 0 radical (unpaired) electrons. The van der Waals surface area contributed by atoms with Crippen LogP contribution in [0.2, 0.25) is 0 Å². The van der Waals surface area contributed by atoms with E-state index in [0.29, 0.717) is 12.0 Å². The Balaban J connectivity index is 2.17. The summed E-state index contributed by atoms with van der Waals surface area (Å²) in [5.41, 5.74) is 1.59. The van der Waals surface area contributed by atoms with Gasteiger partial charge >= 0.3 is 0 Å². The maximum atomic E-state index is 10.9. The van der Waals surface area contributed by atoms with Crippen LogP contribution in [-0.2, 0) is 6.61 Å². The van der Waals surface area contributed by atoms with Crippen molar-refractivity contribution < 1.29 is 14.5 Å². The van der Waals surface area contributed by atoms with Crippen molar-refractivity contribution in [2.45, 2.75) is 13.5 Å². The smallest absolute Gasteiger partial charge is 0.270 e. The number of rotatable bonds is 5. The third kappa shape index (κ3) is 3.17. The van der Waals surface area contributed by atoms with Gasteiger partial charge in [0.1, 0.15) is 12.4 Å². The van der Waals surface area contributed by atoms with Crippen molar-refractivity contribution in [3.05, 3.63) is 63.5 Å². The van der Waals surface area contributed by atoms with E-state index in [1.807, 2.05) is 19.1 Å². The molecule has 2 aromatic rings. The highest BCUT2D eigenvalue weighted by atomic mass is 16.6. The van der Waals surface area contributed by atoms with Gasteiger partial charge in [-0.3, -0.25) is 19.9 Å². The van der Waals surface area contributed by atoms with E-state index in [1.165, 1.54) is 18.2 Å². The van der Waals surface area contributed by atoms with Crippen LogP contribution >= 0.6 is 0 Å². The lowest BCUT2D eigenvalue weighted by molar-refractivity contribution is -0.384. The number of hydrogen-bond acceptors (Lipinski definition) is 5. The first-order valence-electron chi connectivity index (χ1n) is 5.89. The van der Waals surface area contributed by atoms with Gasteiger partial charge in [-0.05, 0) is 25.1 Å². The number of nitro groups is 1. The molecule has 102 valence electrons. The van der Waals surface area contributed by atoms with Gasteiger partial charge in [-0.25, -0.2) is 0 Å². The predicted molar refractivity (Wildman–Crippen MR) is 71.8 cm³/mol. The van der Waals surface area contributed by atoms with Crippen LogP contribution in [0.1, 0.15) is 21.7 Å². The summed E-state index contributed by atoms with van der Waals surface area (Å²) in [5, 5.41) is 10.6. The van der Waals surface area contributed by atoms with E-state index in [0.717, 1.165) is 11.4 Å². The van der Waals surface area contributed by atoms with Crippen molar-refractivity contribution in [3.8, 4) is 5.75 Å². The first-order valence-corrected chi connectivity index (χ1v) is 5.89. The first kappa shape index (κ1) is 13.7. The summed E-state index contributed by atoms with van der Waals surface area (Å²) in [7, 11) is 0. The predicted octanol–water partition coefficient (Wildman–Crippen LogP) is 2.69. The first-order chi connectivity index (χ1) is 9.60. The Morgan fingerprint density at radius 2 is 2.15 bits per heavy atom. The number of pyridine rings is 1. The van der Waals surface area contributed by atoms with Crippen molar-refractivity contribution >= 4 is 12.0 Å². The number of nitro benzene ring substituents is 1. The molecule has 0 atom stereocenters. The second kappa shape index (κ2) is 5.92. The zero-order valence-electron chi connectivity index (χ0n) is 10.8. The maximum Gasteiger partial charge on any atom is 0.270 e. The number of carbonyl (C=O) groups excluding carboxylic acids is 1. The van der Waals surface area contributed by atoms with Crippen LogP contribution in [-0.4, -0.2) is 16.2 Å². The molecule has 0 spiro atoms. The molecule has 0 bridgehead atoms. The van der Waals surface area contributed by atoms with Gasteiger partial charge in [0.25, 0.3) is 5.69 Å². The van der Waals surface area contributed by atoms with Crippen LogP contribution in [0.5, 0.6) is 5.75 Å². The molecule has 1 aromatic carbocycles. The minimum atomic E-state index is -0.557. The number of carbonyl (C=O) groups is 1. The molecule has 6 heteroatoms. The summed E-state index contributed by atoms with van der Waals surface area (Å²) < 4.78 is 5.49. The highest BCUT2D eigenvalue weighted by molar-refractivity contribution is 5.80. The highest BCUT2D eigenvalue weighted by Crippen LogP contribution is 2.23. The largest absolute Gasteiger partial charge is 0.487 e. The highest BCUT2D eigenvalue weighted by Gasteiger charge is 2.11. The van der Waals surface area contributed by atoms with Crippen molar-refractivity contribution in [1.29, 1.82) is 0 Å². The van der Waals surface area contributed by atoms with Crippen LogP contribution in [0.4, 0.5) is 5.69 Å². The minimum Gasteiger partial charge on any atom is -0.487 e. The molecule has 2 rings (SSSR count). The molecule has 0 aliphatic heterocycles. The molecular formula is C14H12N2O4. The van der Waals surface area contributed by atoms with E-state index in [9.17, 15) is 14.9 Å². The summed E-state index contributed by atoms with van der Waals surface area (Å²) in [6.45, 7) is 2.06. The molecule has 0 saturated carbocycles. The molecule has 0 aliphatic rings. The molecule has 0 N–H and O–H groups in total. The molecule has 0 amide bonds. The van der Waals surface area contributed by atoms with E-state index in [2.05, 4.69) is 4.98 Å². The summed E-state index contributed by atoms with van der Waals surface area (Å²) >= 11 is 0. The third-order valence-electron chi connectivity index (χ3n) is 2.65. The number of nitrogens with zero attached hydrogens (tertiary/aromatic N) is 2. The molecule has 0 unspecified atom stereocenters. The van der Waals surface area contributed by atoms with Gasteiger partial charge in [-0.1, -0.05) is 6.07 Å². The fourth-order valence-electron chi connectivity index (χ4n) is 1.70. The molecular weight excluding hydrogens is 260 g/mol. The monoisotopic (exact) mass is 272 g/mol. The molecule has 0 saturated heterocycles. The van der Waals surface area contributed by atoms with Gasteiger partial charge in [-0.15, -0.1) is 0 Å². The van der Waals surface area contributed by atoms with Gasteiger partial charge < -0.3 is 4.74 Å². The van der Waals surface area contributed by atoms with Crippen LogP contribution in [0.15, 0.2) is 36.4 Å². The van der Waals surface area contributed by atoms with Crippen molar-refractivity contribution in [1.82, 2.24) is 4.98 Å². The standard InChI is InChI=1S/C14H12N2O4/c1-10-3-2-4-12(15-10)9-20-14-6-5-13(16(18)19)7-11(14)8-17/h2-8H,9H2,1H3. The molecule has 0 fully saturated rings. The second-order valence-electron chi connectivity index (χ2n) is 4.16. The fraction of sp³-hybridized carbons (Fsp3) is 0.143. The number of aryl methyl sites for hydroxylation is 1. The van der Waals surface area contributed by atoms with Crippen LogP contribution in [0.25, 0.3) is 0 Å². The third-order valence-corrected chi connectivity index (χ3v) is 2.65. The molecule has 1 heterocycles. The SMILES string of the molecule is Cc1cccc(COc2ccc([N+](=O)[O-])cc2C=O)n1. The normalized spacial score (nSPS) is 10.1. The Morgan fingerprint density at radius 3 is 2.80 bits per heavy atom. The van der Waals surface area contributed by atoms with Crippen LogP contribution in [0.3, 0.4) is 0 Å². The Morgan fingerprint density at radius 1 is 1.35 bits per heavy atom. The van der Waals surface area contributed by atoms with E-state index >= 15 is 0 Å². The Kier molecular flexibility index (Phi) is 4.05. The summed E-state index contributed by atoms with van der Waals surface area (Å²) in [5.74, 6) is 0.300. The van der Waals surface area contributed by atoms with E-state index < -0.39 is 4.92 Å². The lowest BCUT2D eigenvalue weighted by Crippen LogP contribution is -2.01. The lowest BCUT2D eigenvalue weighted by Gasteiger charge is -2.08. The maximum absolute atomic E-state index is 10.9. The summed E-state index contributed by atoms with van der Waals surface area (Å²) in [6.07, 6.45) is 0.534. The summed E-state index contributed by atoms with van der Waals surface area (Å²) in [4.78, 5) is 25.3. The molecule has 1 aromatic heterocycles. The van der Waals surface area contributed by atoms with Gasteiger partial charge in [0, 0.05) is 17.8 Å². The van der Waals surface area contributed by atoms with Gasteiger partial charge in [0.2, 0.25) is 0 Å². The lowest BCUT2D eigenvalue weighted by atomic mass is 10.2. The number of aldehydes is 1. The van der Waals surface area contributed by atoms with Crippen molar-refractivity contribution in [3.63, 3.8) is 0 Å². The average Bonchev–Trinajstić information content (AvgIpc) is 2.45. The zero-order chi connectivity index (χ0) is 14.5. The Hall–Kier alpha value is -2.76. The van der Waals surface area contributed by atoms with Gasteiger partial charge in [-0.2, -0.15) is 0 Å². The van der Waals surface area contributed by atoms with Crippen LogP contribution < -0.4 is 4.74 Å². The zero-order valence-corrected chi connectivity index (χ0v) is 10.8. The Bertz CT molecular complexity index is 655.